The van der Waals surface area contributed by atoms with Gasteiger partial charge in [0.15, 0.2) is 0 Å². The van der Waals surface area contributed by atoms with E-state index in [1.807, 2.05) is 29.7 Å². The number of carbonyl (C=O) groups is 1. The van der Waals surface area contributed by atoms with Crippen LogP contribution in [-0.2, 0) is 11.2 Å². The van der Waals surface area contributed by atoms with Crippen molar-refractivity contribution in [2.75, 3.05) is 14.1 Å². The van der Waals surface area contributed by atoms with Gasteiger partial charge in [0.1, 0.15) is 5.65 Å². The highest BCUT2D eigenvalue weighted by atomic mass is 16.6. The second-order valence-corrected chi connectivity index (χ2v) is 6.11. The first kappa shape index (κ1) is 16.6. The molecule has 0 radical (unpaired) electrons. The maximum atomic E-state index is 12.3. The van der Waals surface area contributed by atoms with Crippen molar-refractivity contribution >= 4 is 17.2 Å². The molecular weight excluding hydrogens is 320 g/mol. The van der Waals surface area contributed by atoms with Gasteiger partial charge in [-0.15, -0.1) is 0 Å². The lowest BCUT2D eigenvalue weighted by atomic mass is 10.1. The quantitative estimate of drug-likeness (QED) is 0.541. The largest absolute Gasteiger partial charge is 0.348 e. The van der Waals surface area contributed by atoms with E-state index < -0.39 is 4.92 Å². The predicted octanol–water partition coefficient (Wildman–Crippen LogP) is 2.85. The van der Waals surface area contributed by atoms with E-state index in [1.54, 1.807) is 26.2 Å². The Morgan fingerprint density at radius 2 is 1.88 bits per heavy atom. The molecular formula is C18H18N4O3. The molecule has 1 amide bonds. The van der Waals surface area contributed by atoms with Crippen LogP contribution in [0.2, 0.25) is 0 Å². The van der Waals surface area contributed by atoms with E-state index in [1.165, 1.54) is 17.0 Å². The smallest absolute Gasteiger partial charge is 0.269 e. The number of amides is 1. The molecule has 0 aliphatic rings. The number of carbonyl (C=O) groups excluding carboxylic acids is 1. The third-order valence-electron chi connectivity index (χ3n) is 4.03. The third kappa shape index (κ3) is 3.21. The van der Waals surface area contributed by atoms with Gasteiger partial charge in [0.25, 0.3) is 5.69 Å². The summed E-state index contributed by atoms with van der Waals surface area (Å²) < 4.78 is 1.91. The summed E-state index contributed by atoms with van der Waals surface area (Å²) >= 11 is 0. The number of aryl methyl sites for hydroxylation is 1. The van der Waals surface area contributed by atoms with E-state index in [-0.39, 0.29) is 18.0 Å². The van der Waals surface area contributed by atoms with Crippen molar-refractivity contribution in [2.45, 2.75) is 13.3 Å². The SMILES string of the molecule is Cc1ccc2nc(-c3ccc([N+](=O)[O-])cc3)c(CC(=O)N(C)C)n2c1. The summed E-state index contributed by atoms with van der Waals surface area (Å²) in [7, 11) is 3.42. The Bertz CT molecular complexity index is 958. The summed E-state index contributed by atoms with van der Waals surface area (Å²) in [5.74, 6) is -0.0357. The standard InChI is InChI=1S/C18H18N4O3/c1-12-4-9-16-19-18(13-5-7-14(8-6-13)22(24)25)15(21(16)11-12)10-17(23)20(2)3/h4-9,11H,10H2,1-3H3. The normalized spacial score (nSPS) is 10.8. The van der Waals surface area contributed by atoms with Crippen molar-refractivity contribution in [1.82, 2.24) is 14.3 Å². The van der Waals surface area contributed by atoms with Crippen molar-refractivity contribution < 1.29 is 9.72 Å². The number of pyridine rings is 1. The molecule has 0 aliphatic carbocycles. The van der Waals surface area contributed by atoms with Crippen LogP contribution in [0, 0.1) is 17.0 Å². The Morgan fingerprint density at radius 3 is 2.48 bits per heavy atom. The van der Waals surface area contributed by atoms with Gasteiger partial charge in [0.05, 0.1) is 22.7 Å². The zero-order chi connectivity index (χ0) is 18.1. The van der Waals surface area contributed by atoms with Crippen molar-refractivity contribution in [3.63, 3.8) is 0 Å². The fourth-order valence-electron chi connectivity index (χ4n) is 2.64. The number of rotatable bonds is 4. The molecule has 0 bridgehead atoms. The van der Waals surface area contributed by atoms with Gasteiger partial charge in [-0.3, -0.25) is 14.9 Å². The van der Waals surface area contributed by atoms with Gasteiger partial charge in [-0.05, 0) is 30.7 Å². The number of fused-ring (bicyclic) bond motifs is 1. The molecule has 0 unspecified atom stereocenters. The average Bonchev–Trinajstić information content (AvgIpc) is 2.92. The van der Waals surface area contributed by atoms with Crippen molar-refractivity contribution in [1.29, 1.82) is 0 Å². The van der Waals surface area contributed by atoms with E-state index in [4.69, 9.17) is 0 Å². The minimum atomic E-state index is -0.437. The Kier molecular flexibility index (Phi) is 4.22. The van der Waals surface area contributed by atoms with Gasteiger partial charge in [0.2, 0.25) is 5.91 Å². The molecule has 7 heteroatoms. The molecule has 0 atom stereocenters. The fraction of sp³-hybridized carbons (Fsp3) is 0.222. The monoisotopic (exact) mass is 338 g/mol. The second kappa shape index (κ2) is 6.35. The van der Waals surface area contributed by atoms with E-state index in [9.17, 15) is 14.9 Å². The Hall–Kier alpha value is -3.22. The molecule has 128 valence electrons. The Labute approximate surface area is 144 Å². The zero-order valence-corrected chi connectivity index (χ0v) is 14.3. The summed E-state index contributed by atoms with van der Waals surface area (Å²) in [6, 6.07) is 10.1. The molecule has 0 spiro atoms. The molecule has 0 N–H and O–H groups in total. The van der Waals surface area contributed by atoms with E-state index in [2.05, 4.69) is 4.98 Å². The van der Waals surface area contributed by atoms with E-state index in [0.717, 1.165) is 22.5 Å². The first-order valence-corrected chi connectivity index (χ1v) is 7.79. The maximum absolute atomic E-state index is 12.3. The number of likely N-dealkylation sites (N-methyl/N-ethyl adjacent to an activating group) is 1. The van der Waals surface area contributed by atoms with Crippen LogP contribution in [0.15, 0.2) is 42.6 Å². The molecule has 7 nitrogen and oxygen atoms in total. The first-order valence-electron chi connectivity index (χ1n) is 7.79. The summed E-state index contributed by atoms with van der Waals surface area (Å²) in [5, 5.41) is 10.9. The number of hydrogen-bond acceptors (Lipinski definition) is 4. The topological polar surface area (TPSA) is 80.7 Å². The highest BCUT2D eigenvalue weighted by Gasteiger charge is 2.18. The lowest BCUT2D eigenvalue weighted by molar-refractivity contribution is -0.384. The summed E-state index contributed by atoms with van der Waals surface area (Å²) in [5.41, 5.74) is 3.99. The fourth-order valence-corrected chi connectivity index (χ4v) is 2.64. The Morgan fingerprint density at radius 1 is 1.20 bits per heavy atom. The summed E-state index contributed by atoms with van der Waals surface area (Å²) in [6.45, 7) is 1.97. The van der Waals surface area contributed by atoms with E-state index >= 15 is 0 Å². The molecule has 0 saturated carbocycles. The predicted molar refractivity (Wildman–Crippen MR) is 94.4 cm³/mol. The molecule has 3 rings (SSSR count). The van der Waals surface area contributed by atoms with Crippen LogP contribution in [0.4, 0.5) is 5.69 Å². The summed E-state index contributed by atoms with van der Waals surface area (Å²) in [4.78, 5) is 28.8. The van der Waals surface area contributed by atoms with Gasteiger partial charge in [0, 0.05) is 38.0 Å². The average molecular weight is 338 g/mol. The number of imidazole rings is 1. The van der Waals surface area contributed by atoms with Gasteiger partial charge in [-0.1, -0.05) is 6.07 Å². The molecule has 3 aromatic rings. The third-order valence-corrected chi connectivity index (χ3v) is 4.03. The molecule has 0 saturated heterocycles. The molecule has 0 fully saturated rings. The van der Waals surface area contributed by atoms with Crippen LogP contribution in [0.3, 0.4) is 0 Å². The highest BCUT2D eigenvalue weighted by Crippen LogP contribution is 2.27. The molecule has 2 heterocycles. The van der Waals surface area contributed by atoms with E-state index in [0.29, 0.717) is 5.69 Å². The van der Waals surface area contributed by atoms with Crippen LogP contribution in [0.5, 0.6) is 0 Å². The lowest BCUT2D eigenvalue weighted by Crippen LogP contribution is -2.24. The van der Waals surface area contributed by atoms with Crippen LogP contribution in [0.25, 0.3) is 16.9 Å². The summed E-state index contributed by atoms with van der Waals surface area (Å²) in [6.07, 6.45) is 2.14. The first-order chi connectivity index (χ1) is 11.9. The number of nitro groups is 1. The second-order valence-electron chi connectivity index (χ2n) is 6.11. The van der Waals surface area contributed by atoms with Gasteiger partial charge < -0.3 is 9.30 Å². The number of non-ortho nitro benzene ring substituents is 1. The van der Waals surface area contributed by atoms with Gasteiger partial charge in [-0.25, -0.2) is 4.98 Å². The molecule has 1 aromatic carbocycles. The number of hydrogen-bond donors (Lipinski definition) is 0. The minimum absolute atomic E-state index is 0.0225. The van der Waals surface area contributed by atoms with Crippen molar-refractivity contribution in [3.8, 4) is 11.3 Å². The Balaban J connectivity index is 2.15. The van der Waals surface area contributed by atoms with Crippen LogP contribution < -0.4 is 0 Å². The molecule has 2 aromatic heterocycles. The molecule has 25 heavy (non-hydrogen) atoms. The number of nitro benzene ring substituents is 1. The molecule has 0 aliphatic heterocycles. The maximum Gasteiger partial charge on any atom is 0.269 e. The van der Waals surface area contributed by atoms with Crippen LogP contribution in [0.1, 0.15) is 11.3 Å². The highest BCUT2D eigenvalue weighted by molar-refractivity contribution is 5.81. The zero-order valence-electron chi connectivity index (χ0n) is 14.3. The number of benzene rings is 1. The van der Waals surface area contributed by atoms with Gasteiger partial charge in [-0.2, -0.15) is 0 Å². The lowest BCUT2D eigenvalue weighted by Gasteiger charge is -2.11. The van der Waals surface area contributed by atoms with Crippen molar-refractivity contribution in [2.24, 2.45) is 0 Å². The minimum Gasteiger partial charge on any atom is -0.348 e. The van der Waals surface area contributed by atoms with Gasteiger partial charge >= 0.3 is 0 Å². The van der Waals surface area contributed by atoms with Crippen molar-refractivity contribution in [3.05, 3.63) is 64.0 Å². The van der Waals surface area contributed by atoms with Crippen LogP contribution in [-0.4, -0.2) is 39.2 Å². The number of aromatic nitrogens is 2. The van der Waals surface area contributed by atoms with Crippen LogP contribution >= 0.6 is 0 Å². The number of nitrogens with zero attached hydrogens (tertiary/aromatic N) is 4.